The number of hydrogen-bond acceptors (Lipinski definition) is 5. The van der Waals surface area contributed by atoms with Gasteiger partial charge in [0.05, 0.1) is 24.8 Å². The third kappa shape index (κ3) is 4.36. The zero-order valence-electron chi connectivity index (χ0n) is 17.7. The van der Waals surface area contributed by atoms with Crippen molar-refractivity contribution in [3.05, 3.63) is 83.1 Å². The largest absolute Gasteiger partial charge is 0.480 e. The monoisotopic (exact) mass is 448 g/mol. The van der Waals surface area contributed by atoms with Gasteiger partial charge in [0.1, 0.15) is 5.69 Å². The van der Waals surface area contributed by atoms with Crippen molar-refractivity contribution in [2.75, 3.05) is 12.0 Å². The van der Waals surface area contributed by atoms with E-state index >= 15 is 0 Å². The first-order valence-electron chi connectivity index (χ1n) is 9.90. The lowest BCUT2D eigenvalue weighted by Gasteiger charge is -2.38. The molecule has 7 nitrogen and oxygen atoms in total. The SMILES string of the molecule is COc1ccc([C@]2(C)CC(=O)N(c3c(F)cc(C#Cc4ccccc4)cc3F)C(=O)N2)nn1. The molecule has 4 rings (SSSR count). The summed E-state index contributed by atoms with van der Waals surface area (Å²) in [5.41, 5.74) is -0.921. The molecule has 1 saturated heterocycles. The van der Waals surface area contributed by atoms with Gasteiger partial charge < -0.3 is 10.1 Å². The van der Waals surface area contributed by atoms with E-state index in [0.29, 0.717) is 16.2 Å². The normalized spacial score (nSPS) is 17.8. The summed E-state index contributed by atoms with van der Waals surface area (Å²) in [7, 11) is 1.43. The number of imide groups is 1. The summed E-state index contributed by atoms with van der Waals surface area (Å²) in [5.74, 6) is 2.79. The number of amides is 3. The number of carbonyl (C=O) groups is 2. The van der Waals surface area contributed by atoms with Gasteiger partial charge in [-0.2, -0.15) is 0 Å². The Morgan fingerprint density at radius 1 is 1.00 bits per heavy atom. The smallest absolute Gasteiger partial charge is 0.329 e. The number of rotatable bonds is 3. The zero-order chi connectivity index (χ0) is 23.6. The lowest BCUT2D eigenvalue weighted by atomic mass is 9.90. The number of hydrogen-bond donors (Lipinski definition) is 1. The highest BCUT2D eigenvalue weighted by molar-refractivity contribution is 6.16. The molecule has 0 bridgehead atoms. The Balaban J connectivity index is 1.61. The molecule has 2 heterocycles. The lowest BCUT2D eigenvalue weighted by Crippen LogP contribution is -2.60. The third-order valence-corrected chi connectivity index (χ3v) is 5.12. The Labute approximate surface area is 188 Å². The van der Waals surface area contributed by atoms with Crippen LogP contribution >= 0.6 is 0 Å². The fourth-order valence-electron chi connectivity index (χ4n) is 3.45. The van der Waals surface area contributed by atoms with Crippen LogP contribution < -0.4 is 15.0 Å². The van der Waals surface area contributed by atoms with Crippen LogP contribution in [0, 0.1) is 23.5 Å². The van der Waals surface area contributed by atoms with Crippen molar-refractivity contribution in [3.8, 4) is 17.7 Å². The van der Waals surface area contributed by atoms with E-state index in [4.69, 9.17) is 4.74 Å². The summed E-state index contributed by atoms with van der Waals surface area (Å²) in [6, 6.07) is 13.0. The minimum absolute atomic E-state index is 0.0702. The minimum atomic E-state index is -1.21. The number of carbonyl (C=O) groups excluding carboxylic acids is 2. The quantitative estimate of drug-likeness (QED) is 0.620. The second-order valence-electron chi connectivity index (χ2n) is 7.53. The second-order valence-corrected chi connectivity index (χ2v) is 7.53. The van der Waals surface area contributed by atoms with Gasteiger partial charge in [-0.05, 0) is 37.3 Å². The van der Waals surface area contributed by atoms with Crippen LogP contribution in [0.25, 0.3) is 0 Å². The second kappa shape index (κ2) is 8.67. The van der Waals surface area contributed by atoms with Gasteiger partial charge in [0.2, 0.25) is 11.8 Å². The molecular weight excluding hydrogens is 430 g/mol. The zero-order valence-corrected chi connectivity index (χ0v) is 17.7. The molecule has 0 unspecified atom stereocenters. The summed E-state index contributed by atoms with van der Waals surface area (Å²) >= 11 is 0. The highest BCUT2D eigenvalue weighted by Gasteiger charge is 2.44. The van der Waals surface area contributed by atoms with Crippen molar-refractivity contribution in [3.63, 3.8) is 0 Å². The van der Waals surface area contributed by atoms with Crippen LogP contribution in [-0.2, 0) is 10.3 Å². The molecule has 0 radical (unpaired) electrons. The van der Waals surface area contributed by atoms with Crippen molar-refractivity contribution in [1.29, 1.82) is 0 Å². The molecular formula is C24H18F2N4O3. The molecule has 2 aromatic carbocycles. The number of halogens is 2. The van der Waals surface area contributed by atoms with Crippen LogP contribution in [-0.4, -0.2) is 29.2 Å². The Hall–Kier alpha value is -4.32. The molecule has 9 heteroatoms. The predicted molar refractivity (Wildman–Crippen MR) is 115 cm³/mol. The fraction of sp³-hybridized carbons (Fsp3) is 0.167. The van der Waals surface area contributed by atoms with Crippen LogP contribution in [0.1, 0.15) is 30.2 Å². The van der Waals surface area contributed by atoms with Crippen molar-refractivity contribution < 1.29 is 23.1 Å². The molecule has 0 saturated carbocycles. The molecule has 1 fully saturated rings. The summed E-state index contributed by atoms with van der Waals surface area (Å²) in [6.07, 6.45) is -0.284. The predicted octanol–water partition coefficient (Wildman–Crippen LogP) is 3.52. The highest BCUT2D eigenvalue weighted by atomic mass is 19.1. The van der Waals surface area contributed by atoms with Crippen LogP contribution in [0.3, 0.4) is 0 Å². The maximum atomic E-state index is 14.8. The van der Waals surface area contributed by atoms with Crippen molar-refractivity contribution in [2.45, 2.75) is 18.9 Å². The van der Waals surface area contributed by atoms with Gasteiger partial charge in [0.25, 0.3) is 0 Å². The van der Waals surface area contributed by atoms with E-state index in [1.165, 1.54) is 13.2 Å². The van der Waals surface area contributed by atoms with Crippen LogP contribution in [0.4, 0.5) is 19.3 Å². The van der Waals surface area contributed by atoms with Crippen LogP contribution in [0.15, 0.2) is 54.6 Å². The van der Waals surface area contributed by atoms with E-state index in [2.05, 4.69) is 27.4 Å². The molecule has 1 N–H and O–H groups in total. The molecule has 1 aliphatic heterocycles. The average Bonchev–Trinajstić information content (AvgIpc) is 2.79. The standard InChI is InChI=1S/C24H18F2N4O3/c1-24(19-10-11-20(33-2)29-28-19)14-21(31)30(23(32)27-24)22-17(25)12-16(13-18(22)26)9-8-15-6-4-3-5-7-15/h3-7,10-13H,14H2,1-2H3,(H,27,32)/t24-/m0/s1. The van der Waals surface area contributed by atoms with Gasteiger partial charge in [0, 0.05) is 17.2 Å². The number of urea groups is 1. The first-order chi connectivity index (χ1) is 15.8. The highest BCUT2D eigenvalue weighted by Crippen LogP contribution is 2.33. The van der Waals surface area contributed by atoms with Gasteiger partial charge >= 0.3 is 6.03 Å². The van der Waals surface area contributed by atoms with E-state index in [1.54, 1.807) is 37.3 Å². The maximum absolute atomic E-state index is 14.8. The first-order valence-corrected chi connectivity index (χ1v) is 9.90. The molecule has 0 aliphatic carbocycles. The van der Waals surface area contributed by atoms with Gasteiger partial charge in [-0.3, -0.25) is 4.79 Å². The lowest BCUT2D eigenvalue weighted by molar-refractivity contribution is -0.120. The summed E-state index contributed by atoms with van der Waals surface area (Å²) in [5, 5.41) is 10.4. The summed E-state index contributed by atoms with van der Waals surface area (Å²) in [6.45, 7) is 1.58. The van der Waals surface area contributed by atoms with Crippen molar-refractivity contribution >= 4 is 17.6 Å². The van der Waals surface area contributed by atoms with Gasteiger partial charge in [0.15, 0.2) is 11.6 Å². The van der Waals surface area contributed by atoms with E-state index in [1.807, 2.05) is 6.07 Å². The fourth-order valence-corrected chi connectivity index (χ4v) is 3.45. The Bertz CT molecular complexity index is 1240. The molecule has 33 heavy (non-hydrogen) atoms. The molecule has 166 valence electrons. The number of aromatic nitrogens is 2. The van der Waals surface area contributed by atoms with E-state index in [0.717, 1.165) is 12.1 Å². The molecule has 0 spiro atoms. The van der Waals surface area contributed by atoms with E-state index in [-0.39, 0.29) is 17.9 Å². The van der Waals surface area contributed by atoms with Crippen LogP contribution in [0.5, 0.6) is 5.88 Å². The van der Waals surface area contributed by atoms with E-state index in [9.17, 15) is 18.4 Å². The number of anilines is 1. The number of nitrogens with one attached hydrogen (secondary N) is 1. The topological polar surface area (TPSA) is 84.4 Å². The van der Waals surface area contributed by atoms with Crippen LogP contribution in [0.2, 0.25) is 0 Å². The molecule has 1 aromatic heterocycles. The average molecular weight is 448 g/mol. The molecule has 3 amide bonds. The minimum Gasteiger partial charge on any atom is -0.480 e. The first kappa shape index (κ1) is 21.9. The number of nitrogens with zero attached hydrogens (tertiary/aromatic N) is 3. The van der Waals surface area contributed by atoms with Crippen molar-refractivity contribution in [1.82, 2.24) is 15.5 Å². The number of benzene rings is 2. The van der Waals surface area contributed by atoms with Crippen molar-refractivity contribution in [2.24, 2.45) is 0 Å². The Kier molecular flexibility index (Phi) is 5.75. The molecule has 3 aromatic rings. The molecule has 1 aliphatic rings. The number of methoxy groups -OCH3 is 1. The summed E-state index contributed by atoms with van der Waals surface area (Å²) < 4.78 is 34.7. The van der Waals surface area contributed by atoms with Gasteiger partial charge in [-0.15, -0.1) is 10.2 Å². The van der Waals surface area contributed by atoms with E-state index < -0.39 is 34.8 Å². The Morgan fingerprint density at radius 3 is 2.24 bits per heavy atom. The molecule has 1 atom stereocenters. The third-order valence-electron chi connectivity index (χ3n) is 5.12. The Morgan fingerprint density at radius 2 is 1.67 bits per heavy atom. The maximum Gasteiger partial charge on any atom is 0.329 e. The number of ether oxygens (including phenoxy) is 1. The summed E-state index contributed by atoms with van der Waals surface area (Å²) in [4.78, 5) is 26.1. The van der Waals surface area contributed by atoms with Gasteiger partial charge in [-0.25, -0.2) is 18.5 Å². The van der Waals surface area contributed by atoms with Gasteiger partial charge in [-0.1, -0.05) is 30.0 Å².